The Morgan fingerprint density at radius 3 is 2.59 bits per heavy atom. The van der Waals surface area contributed by atoms with Gasteiger partial charge in [-0.25, -0.2) is 4.79 Å². The van der Waals surface area contributed by atoms with Crippen LogP contribution in [0, 0.1) is 16.0 Å². The number of rotatable bonds is 7. The molecule has 0 amide bonds. The summed E-state index contributed by atoms with van der Waals surface area (Å²) in [6.45, 7) is 6.04. The molecule has 2 unspecified atom stereocenters. The van der Waals surface area contributed by atoms with Gasteiger partial charge >= 0.3 is 11.9 Å². The van der Waals surface area contributed by atoms with Crippen LogP contribution >= 0.6 is 0 Å². The van der Waals surface area contributed by atoms with Crippen molar-refractivity contribution in [2.75, 3.05) is 26.9 Å². The zero-order chi connectivity index (χ0) is 23.5. The van der Waals surface area contributed by atoms with E-state index >= 15 is 0 Å². The lowest BCUT2D eigenvalue weighted by Gasteiger charge is -2.31. The molecule has 1 aromatic rings. The summed E-state index contributed by atoms with van der Waals surface area (Å²) < 4.78 is 21.5. The summed E-state index contributed by atoms with van der Waals surface area (Å²) in [4.78, 5) is 40.9. The number of esters is 2. The third kappa shape index (κ3) is 4.86. The van der Waals surface area contributed by atoms with E-state index < -0.39 is 34.5 Å². The Kier molecular flexibility index (Phi) is 7.05. The molecule has 1 saturated heterocycles. The monoisotopic (exact) mass is 446 g/mol. The lowest BCUT2D eigenvalue weighted by Crippen LogP contribution is -2.36. The van der Waals surface area contributed by atoms with Gasteiger partial charge in [0.1, 0.15) is 5.92 Å². The van der Waals surface area contributed by atoms with E-state index in [0.29, 0.717) is 36.6 Å². The summed E-state index contributed by atoms with van der Waals surface area (Å²) in [5.41, 5.74) is 1.25. The summed E-state index contributed by atoms with van der Waals surface area (Å²) in [6, 6.07) is 5.84. The zero-order valence-electron chi connectivity index (χ0n) is 18.5. The van der Waals surface area contributed by atoms with Gasteiger partial charge in [0.15, 0.2) is 5.79 Å². The number of hydrogen-bond donors (Lipinski definition) is 0. The van der Waals surface area contributed by atoms with Crippen LogP contribution in [0.2, 0.25) is 0 Å². The van der Waals surface area contributed by atoms with E-state index in [9.17, 15) is 19.7 Å². The number of nitro groups is 1. The average Bonchev–Trinajstić information content (AvgIpc) is 3.19. The van der Waals surface area contributed by atoms with Gasteiger partial charge in [-0.15, -0.1) is 0 Å². The van der Waals surface area contributed by atoms with Crippen molar-refractivity contribution in [2.24, 2.45) is 10.9 Å². The number of carbonyl (C=O) groups excluding carboxylic acids is 2. The largest absolute Gasteiger partial charge is 0.468 e. The minimum Gasteiger partial charge on any atom is -0.468 e. The van der Waals surface area contributed by atoms with Crippen LogP contribution in [0.4, 0.5) is 5.69 Å². The fourth-order valence-corrected chi connectivity index (χ4v) is 4.03. The molecule has 1 aromatic carbocycles. The zero-order valence-corrected chi connectivity index (χ0v) is 18.5. The smallest absolute Gasteiger partial charge is 0.336 e. The van der Waals surface area contributed by atoms with E-state index in [4.69, 9.17) is 18.9 Å². The molecule has 2 heterocycles. The highest BCUT2D eigenvalue weighted by molar-refractivity contribution is 6.07. The summed E-state index contributed by atoms with van der Waals surface area (Å²) in [5.74, 6) is -3.85. The molecule has 0 aliphatic carbocycles. The second kappa shape index (κ2) is 9.58. The SMILES string of the molecule is COC(=O)C1C(C)=NC(C)=C(C(=O)OCCC2(C)OCCO2)C1c1cccc([N+](=O)[O-])c1. The normalized spacial score (nSPS) is 22.3. The molecule has 0 spiro atoms. The van der Waals surface area contributed by atoms with Gasteiger partial charge in [-0.05, 0) is 26.3 Å². The number of aliphatic imine (C=N–C) groups is 1. The number of nitrogens with zero attached hydrogens (tertiary/aromatic N) is 2. The molecule has 2 aliphatic heterocycles. The maximum atomic E-state index is 13.1. The average molecular weight is 446 g/mol. The summed E-state index contributed by atoms with van der Waals surface area (Å²) in [5, 5.41) is 11.3. The van der Waals surface area contributed by atoms with Crippen molar-refractivity contribution in [3.63, 3.8) is 0 Å². The molecule has 3 rings (SSSR count). The number of carbonyl (C=O) groups is 2. The molecular weight excluding hydrogens is 420 g/mol. The number of hydrogen-bond acceptors (Lipinski definition) is 9. The standard InChI is InChI=1S/C22H26N2O8/c1-13-17(20(25)29-4)19(15-6-5-7-16(12-15)24(27)28)18(14(2)23-13)21(26)30-9-8-22(3)31-10-11-32-22/h5-7,12,17,19H,8-11H2,1-4H3. The number of ether oxygens (including phenoxy) is 4. The number of methoxy groups -OCH3 is 1. The third-order valence-corrected chi connectivity index (χ3v) is 5.63. The summed E-state index contributed by atoms with van der Waals surface area (Å²) in [7, 11) is 1.24. The molecule has 172 valence electrons. The molecule has 1 fully saturated rings. The van der Waals surface area contributed by atoms with E-state index in [0.717, 1.165) is 0 Å². The highest BCUT2D eigenvalue weighted by Crippen LogP contribution is 2.41. The van der Waals surface area contributed by atoms with Crippen LogP contribution in [0.3, 0.4) is 0 Å². The predicted molar refractivity (Wildman–Crippen MR) is 113 cm³/mol. The van der Waals surface area contributed by atoms with E-state index in [1.54, 1.807) is 26.8 Å². The van der Waals surface area contributed by atoms with Gasteiger partial charge < -0.3 is 18.9 Å². The van der Waals surface area contributed by atoms with E-state index in [2.05, 4.69) is 4.99 Å². The van der Waals surface area contributed by atoms with Crippen LogP contribution < -0.4 is 0 Å². The Labute approximate surface area is 185 Å². The van der Waals surface area contributed by atoms with Crippen LogP contribution in [0.5, 0.6) is 0 Å². The van der Waals surface area contributed by atoms with Crippen LogP contribution in [-0.4, -0.2) is 55.3 Å². The van der Waals surface area contributed by atoms with E-state index in [1.807, 2.05) is 0 Å². The lowest BCUT2D eigenvalue weighted by atomic mass is 9.75. The topological polar surface area (TPSA) is 127 Å². The van der Waals surface area contributed by atoms with Gasteiger partial charge in [0.25, 0.3) is 5.69 Å². The number of nitro benzene ring substituents is 1. The maximum Gasteiger partial charge on any atom is 0.336 e. The van der Waals surface area contributed by atoms with Crippen molar-refractivity contribution < 1.29 is 33.5 Å². The van der Waals surface area contributed by atoms with Crippen molar-refractivity contribution in [2.45, 2.75) is 38.9 Å². The van der Waals surface area contributed by atoms with Gasteiger partial charge in [0.2, 0.25) is 0 Å². The van der Waals surface area contributed by atoms with Gasteiger partial charge in [-0.3, -0.25) is 19.9 Å². The molecule has 0 N–H and O–H groups in total. The first-order chi connectivity index (χ1) is 15.2. The summed E-state index contributed by atoms with van der Waals surface area (Å²) >= 11 is 0. The predicted octanol–water partition coefficient (Wildman–Crippen LogP) is 2.91. The van der Waals surface area contributed by atoms with Gasteiger partial charge in [0.05, 0.1) is 37.4 Å². The molecular formula is C22H26N2O8. The molecule has 10 heteroatoms. The minimum atomic E-state index is -0.924. The molecule has 2 aliphatic rings. The minimum absolute atomic E-state index is 0.0271. The quantitative estimate of drug-likeness (QED) is 0.355. The van der Waals surface area contributed by atoms with Crippen LogP contribution in [0.25, 0.3) is 0 Å². The first kappa shape index (κ1) is 23.6. The van der Waals surface area contributed by atoms with Crippen molar-refractivity contribution >= 4 is 23.3 Å². The Bertz CT molecular complexity index is 978. The van der Waals surface area contributed by atoms with Crippen LogP contribution in [0.1, 0.15) is 38.7 Å². The number of benzene rings is 1. The molecule has 2 atom stereocenters. The first-order valence-corrected chi connectivity index (χ1v) is 10.2. The molecule has 32 heavy (non-hydrogen) atoms. The van der Waals surface area contributed by atoms with Gasteiger partial charge in [-0.1, -0.05) is 12.1 Å². The Balaban J connectivity index is 1.95. The van der Waals surface area contributed by atoms with E-state index in [-0.39, 0.29) is 17.9 Å². The lowest BCUT2D eigenvalue weighted by molar-refractivity contribution is -0.384. The van der Waals surface area contributed by atoms with E-state index in [1.165, 1.54) is 25.3 Å². The van der Waals surface area contributed by atoms with Crippen LogP contribution in [0.15, 0.2) is 40.5 Å². The third-order valence-electron chi connectivity index (χ3n) is 5.63. The number of allylic oxidation sites excluding steroid dienone is 1. The van der Waals surface area contributed by atoms with Crippen molar-refractivity contribution in [3.05, 3.63) is 51.2 Å². The highest BCUT2D eigenvalue weighted by atomic mass is 16.7. The molecule has 0 saturated carbocycles. The molecule has 0 radical (unpaired) electrons. The Morgan fingerprint density at radius 2 is 1.97 bits per heavy atom. The fourth-order valence-electron chi connectivity index (χ4n) is 4.03. The van der Waals surface area contributed by atoms with Crippen LogP contribution in [-0.2, 0) is 28.5 Å². The Morgan fingerprint density at radius 1 is 1.28 bits per heavy atom. The second-order valence-electron chi connectivity index (χ2n) is 7.80. The molecule has 0 aromatic heterocycles. The molecule has 0 bridgehead atoms. The first-order valence-electron chi connectivity index (χ1n) is 10.2. The van der Waals surface area contributed by atoms with Crippen molar-refractivity contribution in [1.82, 2.24) is 0 Å². The molecule has 10 nitrogen and oxygen atoms in total. The number of non-ortho nitro benzene ring substituents is 1. The second-order valence-corrected chi connectivity index (χ2v) is 7.80. The summed E-state index contributed by atoms with van der Waals surface area (Å²) in [6.07, 6.45) is 0.329. The van der Waals surface area contributed by atoms with Crippen molar-refractivity contribution in [3.8, 4) is 0 Å². The Hall–Kier alpha value is -3.11. The van der Waals surface area contributed by atoms with Gasteiger partial charge in [0, 0.05) is 35.9 Å². The van der Waals surface area contributed by atoms with Gasteiger partial charge in [-0.2, -0.15) is 0 Å². The van der Waals surface area contributed by atoms with Crippen molar-refractivity contribution in [1.29, 1.82) is 0 Å². The fraction of sp³-hybridized carbons (Fsp3) is 0.500. The highest BCUT2D eigenvalue weighted by Gasteiger charge is 2.43. The maximum absolute atomic E-state index is 13.1.